The fourth-order valence-corrected chi connectivity index (χ4v) is 5.64. The van der Waals surface area contributed by atoms with Gasteiger partial charge in [-0.05, 0) is 0 Å². The van der Waals surface area contributed by atoms with Crippen molar-refractivity contribution in [2.45, 2.75) is 40.8 Å². The van der Waals surface area contributed by atoms with E-state index < -0.39 is 79.4 Å². The summed E-state index contributed by atoms with van der Waals surface area (Å²) in [7, 11) is -11.1. The van der Waals surface area contributed by atoms with Crippen LogP contribution in [0.4, 0.5) is 8.78 Å². The molecule has 13 nitrogen and oxygen atoms in total. The highest BCUT2D eigenvalue weighted by atomic mass is 35.5. The van der Waals surface area contributed by atoms with Crippen LogP contribution in [0.15, 0.2) is 52.2 Å². The van der Waals surface area contributed by atoms with Gasteiger partial charge in [0.25, 0.3) is 11.5 Å². The lowest BCUT2D eigenvalue weighted by Gasteiger charge is -2.26. The predicted octanol–water partition coefficient (Wildman–Crippen LogP) is 0.890. The van der Waals surface area contributed by atoms with Crippen LogP contribution in [0.25, 0.3) is 0 Å². The maximum atomic E-state index is 14.7. The van der Waals surface area contributed by atoms with Crippen LogP contribution in [0.5, 0.6) is 0 Å². The van der Waals surface area contributed by atoms with Crippen LogP contribution in [0.1, 0.15) is 11.8 Å². The summed E-state index contributed by atoms with van der Waals surface area (Å²) < 4.78 is 59.9. The van der Waals surface area contributed by atoms with Crippen LogP contribution < -0.4 is 11.2 Å². The Kier molecular flexibility index (Phi) is 8.61. The van der Waals surface area contributed by atoms with Crippen molar-refractivity contribution >= 4 is 38.4 Å². The van der Waals surface area contributed by atoms with E-state index in [1.54, 1.807) is 0 Å². The molecule has 0 radical (unpaired) electrons. The lowest BCUT2D eigenvalue weighted by atomic mass is 10.1. The fraction of sp³-hybridized carbons (Fsp3) is 0.444. The highest BCUT2D eigenvalue weighted by Gasteiger charge is 2.60. The monoisotopic (exact) mass is 610 g/mol. The van der Waals surface area contributed by atoms with E-state index in [1.807, 2.05) is 0 Å². The zero-order valence-electron chi connectivity index (χ0n) is 18.3. The van der Waals surface area contributed by atoms with Crippen molar-refractivity contribution < 1.29 is 52.1 Å². The predicted molar refractivity (Wildman–Crippen MR) is 123 cm³/mol. The molecule has 1 aromatic carbocycles. The first kappa shape index (κ1) is 30.1. The average molecular weight is 611 g/mol. The van der Waals surface area contributed by atoms with E-state index >= 15 is 0 Å². The molecule has 2 heterocycles. The standard InChI is InChI=1S/C18H20Cl2F2N2O11P2/c19-18(20,36(29,30)31)37(32,33)34-8-11-13(26)14(27)15(35-11)23-7-6-12(25)24(16(23)28)9-17(21,22)10-4-2-1-3-5-10/h1-7,11,13-15,26-27H,8-9H2,(H,32,33)(H2,29,30,31)/t11-,13+,14?,15-/m1/s1. The Balaban J connectivity index is 1.85. The number of halogens is 4. The Labute approximate surface area is 216 Å². The number of rotatable bonds is 9. The van der Waals surface area contributed by atoms with E-state index in [9.17, 15) is 42.6 Å². The third-order valence-electron chi connectivity index (χ3n) is 5.36. The minimum atomic E-state index is -5.59. The van der Waals surface area contributed by atoms with Crippen LogP contribution in [0.2, 0.25) is 0 Å². The third kappa shape index (κ3) is 5.92. The van der Waals surface area contributed by atoms with E-state index in [0.29, 0.717) is 4.57 Å². The minimum absolute atomic E-state index is 0.191. The van der Waals surface area contributed by atoms with E-state index in [2.05, 4.69) is 4.52 Å². The van der Waals surface area contributed by atoms with Gasteiger partial charge in [0.05, 0.1) is 13.2 Å². The normalized spacial score (nSPS) is 24.7. The topological polar surface area (TPSA) is 198 Å². The number of ether oxygens (including phenoxy) is 1. The summed E-state index contributed by atoms with van der Waals surface area (Å²) in [5.41, 5.74) is -2.90. The van der Waals surface area contributed by atoms with Crippen LogP contribution in [-0.4, -0.2) is 62.8 Å². The van der Waals surface area contributed by atoms with Gasteiger partial charge in [-0.25, -0.2) is 4.79 Å². The lowest BCUT2D eigenvalue weighted by molar-refractivity contribution is -0.0555. The molecule has 1 aromatic heterocycles. The van der Waals surface area contributed by atoms with Gasteiger partial charge in [-0.3, -0.25) is 23.1 Å². The first-order chi connectivity index (χ1) is 16.9. The number of aromatic nitrogens is 2. The minimum Gasteiger partial charge on any atom is -0.387 e. The van der Waals surface area contributed by atoms with Gasteiger partial charge < -0.3 is 34.2 Å². The van der Waals surface area contributed by atoms with Crippen LogP contribution >= 0.6 is 38.4 Å². The number of alkyl halides is 4. The molecule has 5 N–H and O–H groups in total. The number of aliphatic hydroxyl groups is 2. The Morgan fingerprint density at radius 1 is 1.03 bits per heavy atom. The molecular weight excluding hydrogens is 591 g/mol. The highest BCUT2D eigenvalue weighted by molar-refractivity contribution is 7.78. The van der Waals surface area contributed by atoms with Gasteiger partial charge in [0.15, 0.2) is 6.23 Å². The van der Waals surface area contributed by atoms with Crippen molar-refractivity contribution in [1.29, 1.82) is 0 Å². The number of benzene rings is 1. The summed E-state index contributed by atoms with van der Waals surface area (Å²) in [4.78, 5) is 53.1. The first-order valence-corrected chi connectivity index (χ1v) is 14.0. The van der Waals surface area contributed by atoms with Crippen molar-refractivity contribution in [2.75, 3.05) is 6.61 Å². The second-order valence-electron chi connectivity index (χ2n) is 7.92. The lowest BCUT2D eigenvalue weighted by Crippen LogP contribution is -2.45. The van der Waals surface area contributed by atoms with Gasteiger partial charge in [-0.1, -0.05) is 53.5 Å². The van der Waals surface area contributed by atoms with Gasteiger partial charge in [-0.15, -0.1) is 0 Å². The molecule has 5 atom stereocenters. The Morgan fingerprint density at radius 3 is 2.19 bits per heavy atom. The number of hydrogen-bond acceptors (Lipinski definition) is 8. The van der Waals surface area contributed by atoms with Gasteiger partial charge in [0, 0.05) is 17.8 Å². The van der Waals surface area contributed by atoms with Crippen molar-refractivity contribution in [3.05, 3.63) is 69.0 Å². The summed E-state index contributed by atoms with van der Waals surface area (Å²) in [6.07, 6.45) is -6.52. The van der Waals surface area contributed by atoms with Gasteiger partial charge in [-0.2, -0.15) is 8.78 Å². The Hall–Kier alpha value is -1.48. The molecule has 0 aliphatic carbocycles. The second kappa shape index (κ2) is 10.6. The second-order valence-corrected chi connectivity index (χ2v) is 14.4. The zero-order valence-corrected chi connectivity index (χ0v) is 21.6. The number of hydrogen-bond donors (Lipinski definition) is 5. The quantitative estimate of drug-likeness (QED) is 0.199. The maximum absolute atomic E-state index is 14.7. The van der Waals surface area contributed by atoms with Gasteiger partial charge in [0.2, 0.25) is 0 Å². The summed E-state index contributed by atoms with van der Waals surface area (Å²) in [6, 6.07) is 7.11. The van der Waals surface area contributed by atoms with Crippen LogP contribution in [0.3, 0.4) is 0 Å². The Morgan fingerprint density at radius 2 is 1.62 bits per heavy atom. The molecule has 0 spiro atoms. The molecule has 1 fully saturated rings. The summed E-state index contributed by atoms with van der Waals surface area (Å²) in [6.45, 7) is -2.47. The number of aliphatic hydroxyl groups excluding tert-OH is 2. The molecule has 0 bridgehead atoms. The van der Waals surface area contributed by atoms with E-state index in [0.717, 1.165) is 24.4 Å². The third-order valence-corrected chi connectivity index (χ3v) is 11.4. The van der Waals surface area contributed by atoms with Crippen molar-refractivity contribution in [2.24, 2.45) is 0 Å². The molecular formula is C18H20Cl2F2N2O11P2. The molecule has 2 unspecified atom stereocenters. The smallest absolute Gasteiger partial charge is 0.376 e. The molecule has 0 amide bonds. The maximum Gasteiger partial charge on any atom is 0.376 e. The molecule has 206 valence electrons. The highest BCUT2D eigenvalue weighted by Crippen LogP contribution is 2.75. The molecule has 2 aromatic rings. The molecule has 37 heavy (non-hydrogen) atoms. The molecule has 1 saturated heterocycles. The zero-order chi connectivity index (χ0) is 28.0. The first-order valence-electron chi connectivity index (χ1n) is 10.1. The fourth-order valence-electron chi connectivity index (χ4n) is 3.36. The van der Waals surface area contributed by atoms with Crippen LogP contribution in [0, 0.1) is 0 Å². The Bertz CT molecular complexity index is 1350. The van der Waals surface area contributed by atoms with E-state index in [1.165, 1.54) is 18.2 Å². The van der Waals surface area contributed by atoms with Crippen molar-refractivity contribution in [1.82, 2.24) is 9.13 Å². The SMILES string of the molecule is O=c1ccn([C@@H]2O[C@H](COP(=O)(O)C(Cl)(Cl)P(=O)(O)O)[C@H](O)C2O)c(=O)n1CC(F)(F)c1ccccc1. The largest absolute Gasteiger partial charge is 0.387 e. The van der Waals surface area contributed by atoms with Crippen molar-refractivity contribution in [3.8, 4) is 0 Å². The van der Waals surface area contributed by atoms with E-state index in [4.69, 9.17) is 37.7 Å². The molecule has 0 saturated carbocycles. The summed E-state index contributed by atoms with van der Waals surface area (Å²) in [5, 5.41) is 20.6. The summed E-state index contributed by atoms with van der Waals surface area (Å²) >= 11 is 10.6. The van der Waals surface area contributed by atoms with Crippen LogP contribution in [-0.2, 0) is 30.9 Å². The molecule has 3 rings (SSSR count). The summed E-state index contributed by atoms with van der Waals surface area (Å²) in [5.74, 6) is -3.65. The van der Waals surface area contributed by atoms with Gasteiger partial charge in [0.1, 0.15) is 18.3 Å². The van der Waals surface area contributed by atoms with Gasteiger partial charge >= 0.3 is 24.7 Å². The molecule has 1 aliphatic heterocycles. The molecule has 1 aliphatic rings. The molecule has 19 heteroatoms. The average Bonchev–Trinajstić information content (AvgIpc) is 3.09. The van der Waals surface area contributed by atoms with E-state index in [-0.39, 0.29) is 4.57 Å². The number of nitrogens with zero attached hydrogens (tertiary/aromatic N) is 2. The van der Waals surface area contributed by atoms with Crippen molar-refractivity contribution in [3.63, 3.8) is 0 Å².